The summed E-state index contributed by atoms with van der Waals surface area (Å²) in [7, 11) is 1.49. The van der Waals surface area contributed by atoms with E-state index in [2.05, 4.69) is 11.5 Å². The molecule has 2 aliphatic carbocycles. The Bertz CT molecular complexity index is 190. The summed E-state index contributed by atoms with van der Waals surface area (Å²) in [5.41, 5.74) is 0. The van der Waals surface area contributed by atoms with Crippen LogP contribution >= 0.6 is 0 Å². The third-order valence-corrected chi connectivity index (χ3v) is 7.94. The average molecular weight is 270 g/mol. The van der Waals surface area contributed by atoms with Gasteiger partial charge in [0.1, 0.15) is 0 Å². The summed E-state index contributed by atoms with van der Waals surface area (Å²) in [5, 5.41) is 1.11. The van der Waals surface area contributed by atoms with E-state index in [0.29, 0.717) is 0 Å². The van der Waals surface area contributed by atoms with Crippen LogP contribution in [0.4, 0.5) is 0 Å². The molecule has 0 amide bonds. The molecule has 0 heterocycles. The van der Waals surface area contributed by atoms with Crippen molar-refractivity contribution < 1.29 is 0 Å². The Labute approximate surface area is 113 Å². The standard InChI is InChI=1S/C14H31NSi2/c1-12(16)17-15(13-8-4-2-5-9-13)14-10-6-3-7-11-14/h12-14H,2-11,17H2,1,16H3. The van der Waals surface area contributed by atoms with Gasteiger partial charge in [-0.2, -0.15) is 0 Å². The SMILES string of the molecule is CC([SiH3])[SiH2]N(C1CCCCC1)C1CCCCC1. The molecule has 0 aromatic carbocycles. The maximum absolute atomic E-state index is 3.09. The van der Waals surface area contributed by atoms with Gasteiger partial charge in [0, 0.05) is 22.3 Å². The van der Waals surface area contributed by atoms with Crippen LogP contribution in [0.25, 0.3) is 0 Å². The van der Waals surface area contributed by atoms with E-state index in [9.17, 15) is 0 Å². The van der Waals surface area contributed by atoms with Crippen LogP contribution in [0.2, 0.25) is 5.16 Å². The molecule has 0 saturated heterocycles. The first-order valence-electron chi connectivity index (χ1n) is 8.03. The van der Waals surface area contributed by atoms with Crippen molar-refractivity contribution in [2.24, 2.45) is 0 Å². The van der Waals surface area contributed by atoms with Crippen LogP contribution in [-0.2, 0) is 0 Å². The summed E-state index contributed by atoms with van der Waals surface area (Å²) in [5.74, 6) is 0. The first-order valence-corrected chi connectivity index (χ1v) is 10.6. The number of nitrogens with zero attached hydrogens (tertiary/aromatic N) is 1. The molecule has 0 radical (unpaired) electrons. The first-order chi connectivity index (χ1) is 8.27. The van der Waals surface area contributed by atoms with Crippen LogP contribution in [0.3, 0.4) is 0 Å². The Hall–Kier alpha value is 0.394. The summed E-state index contributed by atoms with van der Waals surface area (Å²) in [6, 6.07) is 2.02. The van der Waals surface area contributed by atoms with Gasteiger partial charge in [-0.05, 0) is 25.7 Å². The Morgan fingerprint density at radius 3 is 1.65 bits per heavy atom. The molecule has 3 heteroatoms. The smallest absolute Gasteiger partial charge is 0.0951 e. The fourth-order valence-electron chi connectivity index (χ4n) is 3.84. The molecule has 2 rings (SSSR count). The van der Waals surface area contributed by atoms with Gasteiger partial charge in [0.25, 0.3) is 0 Å². The van der Waals surface area contributed by atoms with Gasteiger partial charge in [0.15, 0.2) is 0 Å². The lowest BCUT2D eigenvalue weighted by atomic mass is 9.91. The minimum absolute atomic E-state index is 0.0654. The molecule has 0 aromatic rings. The topological polar surface area (TPSA) is 3.24 Å². The highest BCUT2D eigenvalue weighted by Gasteiger charge is 2.28. The number of hydrogen-bond donors (Lipinski definition) is 0. The molecular weight excluding hydrogens is 238 g/mol. The monoisotopic (exact) mass is 269 g/mol. The molecule has 0 bridgehead atoms. The second kappa shape index (κ2) is 7.10. The zero-order chi connectivity index (χ0) is 12.1. The van der Waals surface area contributed by atoms with Crippen LogP contribution in [-0.4, -0.2) is 36.6 Å². The normalized spacial score (nSPS) is 27.2. The lowest BCUT2D eigenvalue weighted by Crippen LogP contribution is -2.48. The molecule has 2 aliphatic rings. The first kappa shape index (κ1) is 13.8. The predicted molar refractivity (Wildman–Crippen MR) is 83.5 cm³/mol. The highest BCUT2D eigenvalue weighted by atomic mass is 28.3. The van der Waals surface area contributed by atoms with Crippen molar-refractivity contribution in [3.8, 4) is 0 Å². The van der Waals surface area contributed by atoms with E-state index < -0.39 is 0 Å². The van der Waals surface area contributed by atoms with Gasteiger partial charge < -0.3 is 4.57 Å². The van der Waals surface area contributed by atoms with Crippen LogP contribution in [0, 0.1) is 0 Å². The summed E-state index contributed by atoms with van der Waals surface area (Å²) >= 11 is 0. The van der Waals surface area contributed by atoms with Crippen molar-refractivity contribution in [1.82, 2.24) is 4.57 Å². The van der Waals surface area contributed by atoms with E-state index in [1.54, 1.807) is 0 Å². The zero-order valence-corrected chi connectivity index (χ0v) is 15.4. The molecule has 0 N–H and O–H groups in total. The minimum atomic E-state index is 0.0654. The molecule has 1 atom stereocenters. The predicted octanol–water partition coefficient (Wildman–Crippen LogP) is 2.17. The molecule has 0 spiro atoms. The van der Waals surface area contributed by atoms with E-state index in [-0.39, 0.29) is 9.68 Å². The Morgan fingerprint density at radius 2 is 1.29 bits per heavy atom. The Morgan fingerprint density at radius 1 is 0.882 bits per heavy atom. The Kier molecular flexibility index (Phi) is 5.77. The van der Waals surface area contributed by atoms with Crippen LogP contribution in [0.5, 0.6) is 0 Å². The Balaban J connectivity index is 1.95. The van der Waals surface area contributed by atoms with Gasteiger partial charge >= 0.3 is 0 Å². The van der Waals surface area contributed by atoms with Gasteiger partial charge in [-0.15, -0.1) is 0 Å². The lowest BCUT2D eigenvalue weighted by Gasteiger charge is -2.42. The van der Waals surface area contributed by atoms with E-state index in [4.69, 9.17) is 0 Å². The van der Waals surface area contributed by atoms with Crippen molar-refractivity contribution >= 4 is 19.9 Å². The molecular formula is C14H31NSi2. The van der Waals surface area contributed by atoms with E-state index in [1.807, 2.05) is 0 Å². The zero-order valence-electron chi connectivity index (χ0n) is 12.0. The van der Waals surface area contributed by atoms with E-state index in [0.717, 1.165) is 17.2 Å². The second-order valence-electron chi connectivity index (χ2n) is 6.67. The molecule has 1 nitrogen and oxygen atoms in total. The second-order valence-corrected chi connectivity index (χ2v) is 13.0. The van der Waals surface area contributed by atoms with Crippen LogP contribution in [0.15, 0.2) is 0 Å². The fourth-order valence-corrected chi connectivity index (χ4v) is 7.28. The molecule has 100 valence electrons. The van der Waals surface area contributed by atoms with E-state index in [1.165, 1.54) is 74.5 Å². The maximum Gasteiger partial charge on any atom is 0.0951 e. The van der Waals surface area contributed by atoms with E-state index >= 15 is 0 Å². The minimum Gasteiger partial charge on any atom is -0.324 e. The molecule has 2 fully saturated rings. The molecule has 0 aliphatic heterocycles. The number of hydrogen-bond acceptors (Lipinski definition) is 1. The molecule has 0 aromatic heterocycles. The van der Waals surface area contributed by atoms with Crippen molar-refractivity contribution in [2.45, 2.75) is 88.4 Å². The van der Waals surface area contributed by atoms with Gasteiger partial charge in [-0.3, -0.25) is 0 Å². The number of rotatable bonds is 4. The van der Waals surface area contributed by atoms with Crippen LogP contribution in [0.1, 0.15) is 71.1 Å². The third-order valence-electron chi connectivity index (χ3n) is 4.66. The van der Waals surface area contributed by atoms with Gasteiger partial charge in [-0.1, -0.05) is 50.6 Å². The van der Waals surface area contributed by atoms with Gasteiger partial charge in [-0.25, -0.2) is 0 Å². The summed E-state index contributed by atoms with van der Waals surface area (Å²) < 4.78 is 3.09. The lowest BCUT2D eigenvalue weighted by molar-refractivity contribution is 0.169. The van der Waals surface area contributed by atoms with Crippen molar-refractivity contribution in [1.29, 1.82) is 0 Å². The quantitative estimate of drug-likeness (QED) is 0.707. The molecule has 2 saturated carbocycles. The summed E-state index contributed by atoms with van der Waals surface area (Å²) in [6.45, 7) is 2.51. The fraction of sp³-hybridized carbons (Fsp3) is 1.00. The molecule has 17 heavy (non-hydrogen) atoms. The van der Waals surface area contributed by atoms with Gasteiger partial charge in [0.2, 0.25) is 0 Å². The maximum atomic E-state index is 3.09. The van der Waals surface area contributed by atoms with Gasteiger partial charge in [0.05, 0.1) is 9.68 Å². The van der Waals surface area contributed by atoms with Crippen molar-refractivity contribution in [3.63, 3.8) is 0 Å². The molecule has 1 unspecified atom stereocenters. The van der Waals surface area contributed by atoms with Crippen molar-refractivity contribution in [2.75, 3.05) is 0 Å². The summed E-state index contributed by atoms with van der Waals surface area (Å²) in [6.07, 6.45) is 15.2. The highest BCUT2D eigenvalue weighted by Crippen LogP contribution is 2.30. The summed E-state index contributed by atoms with van der Waals surface area (Å²) in [4.78, 5) is 0. The largest absolute Gasteiger partial charge is 0.324 e. The van der Waals surface area contributed by atoms with Crippen LogP contribution < -0.4 is 0 Å². The average Bonchev–Trinajstić information content (AvgIpc) is 2.38. The van der Waals surface area contributed by atoms with Crippen molar-refractivity contribution in [3.05, 3.63) is 0 Å². The third kappa shape index (κ3) is 4.21. The highest BCUT2D eigenvalue weighted by molar-refractivity contribution is 6.47.